The highest BCUT2D eigenvalue weighted by Gasteiger charge is 2.13. The maximum Gasteiger partial charge on any atom is 0.258 e. The highest BCUT2D eigenvalue weighted by molar-refractivity contribution is 8.00. The van der Waals surface area contributed by atoms with Crippen LogP contribution in [0.5, 0.6) is 0 Å². The van der Waals surface area contributed by atoms with E-state index in [1.807, 2.05) is 18.2 Å². The van der Waals surface area contributed by atoms with E-state index in [9.17, 15) is 13.6 Å². The van der Waals surface area contributed by atoms with Crippen LogP contribution in [0.2, 0.25) is 5.02 Å². The van der Waals surface area contributed by atoms with Gasteiger partial charge in [-0.15, -0.1) is 0 Å². The predicted octanol–water partition coefficient (Wildman–Crippen LogP) is 5.99. The van der Waals surface area contributed by atoms with Gasteiger partial charge in [-0.2, -0.15) is 0 Å². The first-order valence-electron chi connectivity index (χ1n) is 7.56. The topological polar surface area (TPSA) is 41.1 Å². The number of halogens is 3. The van der Waals surface area contributed by atoms with Crippen LogP contribution in [0.3, 0.4) is 0 Å². The van der Waals surface area contributed by atoms with Crippen LogP contribution in [-0.2, 0) is 0 Å². The van der Waals surface area contributed by atoms with E-state index in [4.69, 9.17) is 11.6 Å². The second kappa shape index (κ2) is 8.21. The summed E-state index contributed by atoms with van der Waals surface area (Å²) in [7, 11) is 0. The first-order valence-corrected chi connectivity index (χ1v) is 8.75. The van der Waals surface area contributed by atoms with Crippen LogP contribution < -0.4 is 10.0 Å². The molecule has 3 aromatic rings. The van der Waals surface area contributed by atoms with E-state index in [1.54, 1.807) is 30.3 Å². The number of carbonyl (C=O) groups is 1. The van der Waals surface area contributed by atoms with Gasteiger partial charge in [0.2, 0.25) is 0 Å². The van der Waals surface area contributed by atoms with Crippen molar-refractivity contribution >= 4 is 40.8 Å². The maximum atomic E-state index is 13.7. The predicted molar refractivity (Wildman–Crippen MR) is 102 cm³/mol. The molecular formula is C19H13ClF2N2OS. The Morgan fingerprint density at radius 1 is 0.923 bits per heavy atom. The summed E-state index contributed by atoms with van der Waals surface area (Å²) in [5, 5.41) is 3.22. The van der Waals surface area contributed by atoms with Crippen LogP contribution in [0.25, 0.3) is 0 Å². The third kappa shape index (κ3) is 4.74. The second-order valence-electron chi connectivity index (χ2n) is 5.32. The van der Waals surface area contributed by atoms with Gasteiger partial charge in [-0.3, -0.25) is 4.79 Å². The standard InChI is InChI=1S/C19H13ClF2N2OS/c20-12-4-7-16(8-5-12)26-24-15-3-1-2-14(11-15)23-19(25)17-10-13(21)6-9-18(17)22/h1-11,24H,(H,23,25). The minimum Gasteiger partial charge on any atom is -0.326 e. The molecule has 0 saturated heterocycles. The number of hydrogen-bond acceptors (Lipinski definition) is 3. The molecule has 0 spiro atoms. The van der Waals surface area contributed by atoms with Gasteiger partial charge in [0.25, 0.3) is 5.91 Å². The van der Waals surface area contributed by atoms with Gasteiger partial charge in [-0.05, 0) is 72.6 Å². The third-order valence-corrected chi connectivity index (χ3v) is 4.49. The monoisotopic (exact) mass is 390 g/mol. The second-order valence-corrected chi connectivity index (χ2v) is 6.63. The lowest BCUT2D eigenvalue weighted by Gasteiger charge is -2.10. The van der Waals surface area contributed by atoms with Crippen molar-refractivity contribution in [3.8, 4) is 0 Å². The number of anilines is 2. The van der Waals surface area contributed by atoms with E-state index in [0.717, 1.165) is 28.8 Å². The molecule has 26 heavy (non-hydrogen) atoms. The molecule has 132 valence electrons. The van der Waals surface area contributed by atoms with Gasteiger partial charge < -0.3 is 10.0 Å². The molecule has 0 aliphatic heterocycles. The number of hydrogen-bond donors (Lipinski definition) is 2. The van der Waals surface area contributed by atoms with Gasteiger partial charge in [0.05, 0.1) is 5.56 Å². The number of benzene rings is 3. The molecule has 7 heteroatoms. The molecule has 0 unspecified atom stereocenters. The largest absolute Gasteiger partial charge is 0.326 e. The van der Waals surface area contributed by atoms with Crippen LogP contribution in [0.1, 0.15) is 10.4 Å². The van der Waals surface area contributed by atoms with Crippen LogP contribution in [0.15, 0.2) is 71.6 Å². The highest BCUT2D eigenvalue weighted by Crippen LogP contribution is 2.24. The summed E-state index contributed by atoms with van der Waals surface area (Å²) < 4.78 is 30.1. The van der Waals surface area contributed by atoms with Crippen LogP contribution >= 0.6 is 23.5 Å². The Morgan fingerprint density at radius 3 is 2.42 bits per heavy atom. The number of carbonyl (C=O) groups excluding carboxylic acids is 1. The number of rotatable bonds is 5. The molecule has 0 atom stereocenters. The fraction of sp³-hybridized carbons (Fsp3) is 0. The lowest BCUT2D eigenvalue weighted by molar-refractivity contribution is 0.102. The fourth-order valence-corrected chi connectivity index (χ4v) is 2.91. The quantitative estimate of drug-likeness (QED) is 0.526. The minimum absolute atomic E-state index is 0.348. The number of amides is 1. The average Bonchev–Trinajstić information content (AvgIpc) is 2.63. The van der Waals surface area contributed by atoms with Crippen molar-refractivity contribution < 1.29 is 13.6 Å². The molecule has 0 radical (unpaired) electrons. The Balaban J connectivity index is 1.68. The summed E-state index contributed by atoms with van der Waals surface area (Å²) in [6.07, 6.45) is 0. The maximum absolute atomic E-state index is 13.7. The smallest absolute Gasteiger partial charge is 0.258 e. The third-order valence-electron chi connectivity index (χ3n) is 3.39. The van der Waals surface area contributed by atoms with Crippen molar-refractivity contribution in [1.29, 1.82) is 0 Å². The Bertz CT molecular complexity index is 935. The van der Waals surface area contributed by atoms with E-state index < -0.39 is 17.5 Å². The van der Waals surface area contributed by atoms with Gasteiger partial charge in [-0.25, -0.2) is 8.78 Å². The molecule has 0 saturated carbocycles. The molecule has 3 aromatic carbocycles. The molecule has 0 aliphatic carbocycles. The SMILES string of the molecule is O=C(Nc1cccc(NSc2ccc(Cl)cc2)c1)c1cc(F)ccc1F. The van der Waals surface area contributed by atoms with Crippen molar-refractivity contribution in [2.24, 2.45) is 0 Å². The highest BCUT2D eigenvalue weighted by atomic mass is 35.5. The van der Waals surface area contributed by atoms with Crippen molar-refractivity contribution in [2.45, 2.75) is 4.90 Å². The fourth-order valence-electron chi connectivity index (χ4n) is 2.15. The Kier molecular flexibility index (Phi) is 5.75. The lowest BCUT2D eigenvalue weighted by atomic mass is 10.2. The van der Waals surface area contributed by atoms with E-state index in [1.165, 1.54) is 11.9 Å². The zero-order valence-corrected chi connectivity index (χ0v) is 14.9. The zero-order valence-electron chi connectivity index (χ0n) is 13.3. The molecule has 0 aromatic heterocycles. The summed E-state index contributed by atoms with van der Waals surface area (Å²) in [6, 6.07) is 17.0. The number of nitrogens with one attached hydrogen (secondary N) is 2. The van der Waals surface area contributed by atoms with Crippen molar-refractivity contribution in [3.05, 3.63) is 89.0 Å². The zero-order chi connectivity index (χ0) is 18.5. The van der Waals surface area contributed by atoms with E-state index in [0.29, 0.717) is 10.7 Å². The molecule has 0 aliphatic rings. The molecular weight excluding hydrogens is 378 g/mol. The lowest BCUT2D eigenvalue weighted by Crippen LogP contribution is -2.14. The van der Waals surface area contributed by atoms with E-state index in [2.05, 4.69) is 10.0 Å². The van der Waals surface area contributed by atoms with Gasteiger partial charge >= 0.3 is 0 Å². The van der Waals surface area contributed by atoms with Crippen molar-refractivity contribution in [1.82, 2.24) is 0 Å². The molecule has 3 nitrogen and oxygen atoms in total. The molecule has 0 fully saturated rings. The van der Waals surface area contributed by atoms with Gasteiger partial charge in [0.1, 0.15) is 11.6 Å². The summed E-state index contributed by atoms with van der Waals surface area (Å²) >= 11 is 7.23. The Labute approximate surface area is 158 Å². The molecule has 1 amide bonds. The summed E-state index contributed by atoms with van der Waals surface area (Å²) in [5.41, 5.74) is 0.849. The Morgan fingerprint density at radius 2 is 1.65 bits per heavy atom. The van der Waals surface area contributed by atoms with Crippen molar-refractivity contribution in [2.75, 3.05) is 10.0 Å². The van der Waals surface area contributed by atoms with E-state index in [-0.39, 0.29) is 5.56 Å². The van der Waals surface area contributed by atoms with Crippen LogP contribution in [0.4, 0.5) is 20.2 Å². The van der Waals surface area contributed by atoms with Gasteiger partial charge in [0.15, 0.2) is 0 Å². The minimum atomic E-state index is -0.781. The molecule has 0 heterocycles. The van der Waals surface area contributed by atoms with Gasteiger partial charge in [0, 0.05) is 21.3 Å². The first-order chi connectivity index (χ1) is 12.5. The Hall–Kier alpha value is -2.57. The summed E-state index contributed by atoms with van der Waals surface area (Å²) in [5.74, 6) is -2.17. The summed E-state index contributed by atoms with van der Waals surface area (Å²) in [6.45, 7) is 0. The van der Waals surface area contributed by atoms with Gasteiger partial charge in [-0.1, -0.05) is 17.7 Å². The summed E-state index contributed by atoms with van der Waals surface area (Å²) in [4.78, 5) is 13.1. The van der Waals surface area contributed by atoms with Crippen molar-refractivity contribution in [3.63, 3.8) is 0 Å². The molecule has 2 N–H and O–H groups in total. The van der Waals surface area contributed by atoms with Crippen LogP contribution in [0, 0.1) is 11.6 Å². The molecule has 3 rings (SSSR count). The first kappa shape index (κ1) is 18.2. The molecule has 0 bridgehead atoms. The normalized spacial score (nSPS) is 10.4. The average molecular weight is 391 g/mol. The van der Waals surface area contributed by atoms with E-state index >= 15 is 0 Å². The van der Waals surface area contributed by atoms with Crippen LogP contribution in [-0.4, -0.2) is 5.91 Å².